The molecule has 0 saturated heterocycles. The predicted molar refractivity (Wildman–Crippen MR) is 101 cm³/mol. The number of nitrogens with zero attached hydrogens (tertiary/aromatic N) is 2. The standard InChI is InChI=1S/C18H16BN3O2S/c23-19(24)10-7-16(25-9-10)18-12-4-2-1-3-11(12)17-13-8-20-22-14(13)5-6-15(17)21-18/h5-9,23-24H,1-4H2,(H,20,22). The summed E-state index contributed by atoms with van der Waals surface area (Å²) in [6, 6.07) is 5.91. The fourth-order valence-corrected chi connectivity index (χ4v) is 4.80. The second-order valence-electron chi connectivity index (χ2n) is 6.53. The van der Waals surface area contributed by atoms with E-state index in [1.807, 2.05) is 24.4 Å². The number of aryl methyl sites for hydroxylation is 1. The number of aromatic nitrogens is 3. The summed E-state index contributed by atoms with van der Waals surface area (Å²) in [4.78, 5) is 5.96. The molecule has 3 aromatic heterocycles. The van der Waals surface area contributed by atoms with Crippen LogP contribution in [0.5, 0.6) is 0 Å². The lowest BCUT2D eigenvalue weighted by atomic mass is 9.82. The highest BCUT2D eigenvalue weighted by Crippen LogP contribution is 2.38. The van der Waals surface area contributed by atoms with Crippen molar-refractivity contribution >= 4 is 45.7 Å². The van der Waals surface area contributed by atoms with Gasteiger partial charge in [0.25, 0.3) is 0 Å². The Bertz CT molecular complexity index is 1100. The zero-order valence-electron chi connectivity index (χ0n) is 13.5. The van der Waals surface area contributed by atoms with Gasteiger partial charge in [0, 0.05) is 10.8 Å². The molecule has 0 radical (unpaired) electrons. The van der Waals surface area contributed by atoms with Gasteiger partial charge in [-0.05, 0) is 65.9 Å². The van der Waals surface area contributed by atoms with Gasteiger partial charge in [-0.25, -0.2) is 4.98 Å². The highest BCUT2D eigenvalue weighted by molar-refractivity contribution is 7.14. The lowest BCUT2D eigenvalue weighted by Crippen LogP contribution is -2.27. The molecule has 0 fully saturated rings. The molecule has 1 aliphatic carbocycles. The van der Waals surface area contributed by atoms with E-state index in [9.17, 15) is 10.0 Å². The van der Waals surface area contributed by atoms with E-state index < -0.39 is 7.12 Å². The molecular weight excluding hydrogens is 333 g/mol. The first kappa shape index (κ1) is 15.1. The number of H-pyrrole nitrogens is 1. The highest BCUT2D eigenvalue weighted by Gasteiger charge is 2.23. The van der Waals surface area contributed by atoms with Gasteiger partial charge in [-0.3, -0.25) is 5.10 Å². The zero-order valence-corrected chi connectivity index (χ0v) is 14.3. The molecule has 3 N–H and O–H groups in total. The van der Waals surface area contributed by atoms with Crippen LogP contribution < -0.4 is 5.46 Å². The van der Waals surface area contributed by atoms with Crippen LogP contribution in [-0.2, 0) is 12.8 Å². The Morgan fingerprint density at radius 3 is 2.76 bits per heavy atom. The minimum Gasteiger partial charge on any atom is -0.423 e. The number of rotatable bonds is 2. The van der Waals surface area contributed by atoms with Crippen molar-refractivity contribution < 1.29 is 10.0 Å². The lowest BCUT2D eigenvalue weighted by molar-refractivity contribution is 0.426. The number of fused-ring (bicyclic) bond motifs is 5. The quantitative estimate of drug-likeness (QED) is 0.486. The fraction of sp³-hybridized carbons (Fsp3) is 0.222. The normalized spacial score (nSPS) is 14.2. The molecule has 0 spiro atoms. The van der Waals surface area contributed by atoms with Gasteiger partial charge in [0.1, 0.15) is 0 Å². The predicted octanol–water partition coefficient (Wildman–Crippen LogP) is 2.40. The summed E-state index contributed by atoms with van der Waals surface area (Å²) >= 11 is 1.52. The Labute approximate surface area is 148 Å². The van der Waals surface area contributed by atoms with Gasteiger partial charge in [0.2, 0.25) is 0 Å². The van der Waals surface area contributed by atoms with Gasteiger partial charge in [0.05, 0.1) is 27.8 Å². The summed E-state index contributed by atoms with van der Waals surface area (Å²) in [5.74, 6) is 0. The molecule has 3 heterocycles. The minimum atomic E-state index is -1.44. The van der Waals surface area contributed by atoms with Crippen molar-refractivity contribution in [1.82, 2.24) is 15.2 Å². The van der Waals surface area contributed by atoms with Crippen molar-refractivity contribution in [3.8, 4) is 10.6 Å². The number of hydrogen-bond donors (Lipinski definition) is 3. The van der Waals surface area contributed by atoms with Crippen LogP contribution in [-0.4, -0.2) is 32.3 Å². The van der Waals surface area contributed by atoms with Crippen LogP contribution in [0.15, 0.2) is 29.8 Å². The second-order valence-corrected chi connectivity index (χ2v) is 7.44. The maximum absolute atomic E-state index is 9.42. The number of hydrogen-bond acceptors (Lipinski definition) is 5. The van der Waals surface area contributed by atoms with Gasteiger partial charge in [0.15, 0.2) is 0 Å². The van der Waals surface area contributed by atoms with Crippen LogP contribution in [0.3, 0.4) is 0 Å². The number of nitrogens with one attached hydrogen (secondary N) is 1. The molecular formula is C18H16BN3O2S. The van der Waals surface area contributed by atoms with E-state index >= 15 is 0 Å². The molecule has 0 aliphatic heterocycles. The molecule has 4 aromatic rings. The average molecular weight is 349 g/mol. The minimum absolute atomic E-state index is 0.525. The molecule has 0 bridgehead atoms. The topological polar surface area (TPSA) is 82.0 Å². The third-order valence-electron chi connectivity index (χ3n) is 5.04. The van der Waals surface area contributed by atoms with Gasteiger partial charge in [-0.1, -0.05) is 0 Å². The van der Waals surface area contributed by atoms with Crippen LogP contribution in [0.2, 0.25) is 0 Å². The molecule has 0 unspecified atom stereocenters. The van der Waals surface area contributed by atoms with Crippen molar-refractivity contribution in [2.24, 2.45) is 0 Å². The van der Waals surface area contributed by atoms with Crippen LogP contribution in [0, 0.1) is 0 Å². The Morgan fingerprint density at radius 1 is 1.12 bits per heavy atom. The van der Waals surface area contributed by atoms with Crippen LogP contribution >= 0.6 is 11.3 Å². The first-order valence-corrected chi connectivity index (χ1v) is 9.33. The first-order valence-electron chi connectivity index (χ1n) is 8.45. The van der Waals surface area contributed by atoms with E-state index in [2.05, 4.69) is 10.2 Å². The molecule has 7 heteroatoms. The first-order chi connectivity index (χ1) is 12.2. The molecule has 1 aliphatic rings. The molecule has 0 amide bonds. The monoisotopic (exact) mass is 349 g/mol. The smallest absolute Gasteiger partial charge is 0.423 e. The van der Waals surface area contributed by atoms with Gasteiger partial charge >= 0.3 is 7.12 Å². The Balaban J connectivity index is 1.83. The lowest BCUT2D eigenvalue weighted by Gasteiger charge is -2.21. The Hall–Kier alpha value is -2.22. The molecule has 124 valence electrons. The van der Waals surface area contributed by atoms with Crippen LogP contribution in [0.1, 0.15) is 24.0 Å². The Kier molecular flexibility index (Phi) is 3.41. The molecule has 0 atom stereocenters. The maximum atomic E-state index is 9.42. The molecule has 25 heavy (non-hydrogen) atoms. The third kappa shape index (κ3) is 2.31. The van der Waals surface area contributed by atoms with Crippen molar-refractivity contribution in [3.63, 3.8) is 0 Å². The largest absolute Gasteiger partial charge is 0.489 e. The second kappa shape index (κ2) is 5.66. The van der Waals surface area contributed by atoms with Crippen molar-refractivity contribution in [1.29, 1.82) is 0 Å². The van der Waals surface area contributed by atoms with Crippen molar-refractivity contribution in [2.75, 3.05) is 0 Å². The molecule has 5 rings (SSSR count). The van der Waals surface area contributed by atoms with E-state index in [1.165, 1.54) is 34.3 Å². The summed E-state index contributed by atoms with van der Waals surface area (Å²) < 4.78 is 0. The molecule has 5 nitrogen and oxygen atoms in total. The van der Waals surface area contributed by atoms with Gasteiger partial charge < -0.3 is 10.0 Å². The van der Waals surface area contributed by atoms with Gasteiger partial charge in [-0.15, -0.1) is 11.3 Å². The van der Waals surface area contributed by atoms with Gasteiger partial charge in [-0.2, -0.15) is 5.10 Å². The molecule has 1 aromatic carbocycles. The van der Waals surface area contributed by atoms with E-state index in [0.29, 0.717) is 5.46 Å². The van der Waals surface area contributed by atoms with Crippen molar-refractivity contribution in [2.45, 2.75) is 25.7 Å². The van der Waals surface area contributed by atoms with E-state index in [-0.39, 0.29) is 0 Å². The van der Waals surface area contributed by atoms with Crippen LogP contribution in [0.4, 0.5) is 0 Å². The number of pyridine rings is 1. The summed E-state index contributed by atoms with van der Waals surface area (Å²) in [5, 5.41) is 30.2. The Morgan fingerprint density at radius 2 is 1.96 bits per heavy atom. The van der Waals surface area contributed by atoms with E-state index in [4.69, 9.17) is 4.98 Å². The number of thiophene rings is 1. The average Bonchev–Trinajstić information content (AvgIpc) is 3.30. The molecule has 0 saturated carbocycles. The third-order valence-corrected chi connectivity index (χ3v) is 6.00. The van der Waals surface area contributed by atoms with Crippen LogP contribution in [0.25, 0.3) is 32.4 Å². The maximum Gasteiger partial charge on any atom is 0.489 e. The number of benzene rings is 1. The summed E-state index contributed by atoms with van der Waals surface area (Å²) in [7, 11) is -1.44. The zero-order chi connectivity index (χ0) is 17.0. The van der Waals surface area contributed by atoms with Crippen molar-refractivity contribution in [3.05, 3.63) is 40.9 Å². The summed E-state index contributed by atoms with van der Waals surface area (Å²) in [6.07, 6.45) is 6.29. The highest BCUT2D eigenvalue weighted by atomic mass is 32.1. The SMILES string of the molecule is OB(O)c1csc(-c2nc3ccc4[nH]ncc4c3c3c2CCCC3)c1. The summed E-state index contributed by atoms with van der Waals surface area (Å²) in [5.41, 5.74) is 6.20. The van der Waals surface area contributed by atoms with E-state index in [1.54, 1.807) is 5.38 Å². The number of aromatic amines is 1. The fourth-order valence-electron chi connectivity index (χ4n) is 3.86. The van der Waals surface area contributed by atoms with E-state index in [0.717, 1.165) is 46.3 Å². The summed E-state index contributed by atoms with van der Waals surface area (Å²) in [6.45, 7) is 0.